The number of aliphatic hydroxyl groups is 1. The zero-order chi connectivity index (χ0) is 13.8. The van der Waals surface area contributed by atoms with Crippen molar-refractivity contribution in [2.24, 2.45) is 0 Å². The monoisotopic (exact) mass is 254 g/mol. The first kappa shape index (κ1) is 13.8. The summed E-state index contributed by atoms with van der Waals surface area (Å²) in [5.41, 5.74) is 5.73. The van der Waals surface area contributed by atoms with Crippen LogP contribution in [0.4, 0.5) is 0 Å². The highest BCUT2D eigenvalue weighted by Gasteiger charge is 2.11. The van der Waals surface area contributed by atoms with Gasteiger partial charge in [-0.2, -0.15) is 0 Å². The van der Waals surface area contributed by atoms with Crippen LogP contribution in [0.1, 0.15) is 47.3 Å². The molecule has 1 heteroatoms. The Labute approximate surface area is 115 Å². The topological polar surface area (TPSA) is 20.2 Å². The number of hydrogen-bond donors (Lipinski definition) is 1. The molecule has 0 aliphatic carbocycles. The second-order valence-electron chi connectivity index (χ2n) is 5.24. The largest absolute Gasteiger partial charge is 0.384 e. The normalized spacial score (nSPS) is 12.4. The van der Waals surface area contributed by atoms with Crippen LogP contribution in [-0.4, -0.2) is 5.11 Å². The quantitative estimate of drug-likeness (QED) is 0.860. The predicted molar refractivity (Wildman–Crippen MR) is 80.4 cm³/mol. The van der Waals surface area contributed by atoms with E-state index in [0.29, 0.717) is 0 Å². The van der Waals surface area contributed by atoms with Gasteiger partial charge in [-0.3, -0.25) is 0 Å². The number of hydrogen-bond acceptors (Lipinski definition) is 1. The van der Waals surface area contributed by atoms with E-state index in [2.05, 4.69) is 45.0 Å². The Morgan fingerprint density at radius 1 is 0.947 bits per heavy atom. The molecule has 100 valence electrons. The lowest BCUT2D eigenvalue weighted by molar-refractivity contribution is 0.220. The molecule has 0 saturated heterocycles. The van der Waals surface area contributed by atoms with Crippen molar-refractivity contribution in [1.29, 1.82) is 0 Å². The molecule has 0 saturated carbocycles. The lowest BCUT2D eigenvalue weighted by Gasteiger charge is -2.14. The molecular weight excluding hydrogens is 232 g/mol. The Morgan fingerprint density at radius 3 is 2.37 bits per heavy atom. The van der Waals surface area contributed by atoms with Crippen molar-refractivity contribution < 1.29 is 5.11 Å². The van der Waals surface area contributed by atoms with Crippen molar-refractivity contribution in [3.8, 4) is 0 Å². The van der Waals surface area contributed by atoms with E-state index in [1.54, 1.807) is 0 Å². The Morgan fingerprint density at radius 2 is 1.68 bits per heavy atom. The van der Waals surface area contributed by atoms with E-state index in [4.69, 9.17) is 0 Å². The van der Waals surface area contributed by atoms with Crippen molar-refractivity contribution in [2.75, 3.05) is 0 Å². The second kappa shape index (κ2) is 6.03. The molecule has 1 N–H and O–H groups in total. The first-order valence-electron chi connectivity index (χ1n) is 6.96. The minimum Gasteiger partial charge on any atom is -0.384 e. The highest BCUT2D eigenvalue weighted by molar-refractivity contribution is 5.37. The van der Waals surface area contributed by atoms with E-state index in [0.717, 1.165) is 24.0 Å². The summed E-state index contributed by atoms with van der Waals surface area (Å²) in [4.78, 5) is 0. The van der Waals surface area contributed by atoms with E-state index in [9.17, 15) is 5.11 Å². The molecule has 2 aromatic carbocycles. The van der Waals surface area contributed by atoms with Crippen LogP contribution < -0.4 is 0 Å². The van der Waals surface area contributed by atoms with Crippen molar-refractivity contribution in [2.45, 2.75) is 39.7 Å². The highest BCUT2D eigenvalue weighted by atomic mass is 16.3. The minimum absolute atomic E-state index is 0.531. The van der Waals surface area contributed by atoms with Crippen LogP contribution in [0.3, 0.4) is 0 Å². The molecule has 1 unspecified atom stereocenters. The molecule has 0 heterocycles. The Balaban J connectivity index is 2.29. The van der Waals surface area contributed by atoms with Crippen molar-refractivity contribution in [3.63, 3.8) is 0 Å². The minimum atomic E-state index is -0.531. The van der Waals surface area contributed by atoms with E-state index >= 15 is 0 Å². The van der Waals surface area contributed by atoms with Crippen LogP contribution >= 0.6 is 0 Å². The first-order chi connectivity index (χ1) is 9.11. The Kier molecular flexibility index (Phi) is 4.39. The third-order valence-corrected chi connectivity index (χ3v) is 3.65. The van der Waals surface area contributed by atoms with E-state index in [-0.39, 0.29) is 0 Å². The van der Waals surface area contributed by atoms with Crippen LogP contribution in [0, 0.1) is 13.8 Å². The van der Waals surface area contributed by atoms with E-state index < -0.39 is 6.10 Å². The van der Waals surface area contributed by atoms with E-state index in [1.807, 2.05) is 18.2 Å². The molecule has 2 aromatic rings. The van der Waals surface area contributed by atoms with Gasteiger partial charge >= 0.3 is 0 Å². The molecule has 0 fully saturated rings. The van der Waals surface area contributed by atoms with Crippen molar-refractivity contribution in [1.82, 2.24) is 0 Å². The molecule has 19 heavy (non-hydrogen) atoms. The molecule has 0 amide bonds. The van der Waals surface area contributed by atoms with Gasteiger partial charge in [-0.25, -0.2) is 0 Å². The van der Waals surface area contributed by atoms with Crippen LogP contribution in [0.5, 0.6) is 0 Å². The third kappa shape index (κ3) is 3.24. The van der Waals surface area contributed by atoms with Gasteiger partial charge in [0, 0.05) is 0 Å². The van der Waals surface area contributed by atoms with Crippen molar-refractivity contribution >= 4 is 0 Å². The van der Waals surface area contributed by atoms with Gasteiger partial charge in [0.1, 0.15) is 6.10 Å². The SMILES string of the molecule is CCCc1cccc(C(O)c2ccc(C)c(C)c2)c1. The van der Waals surface area contributed by atoms with Crippen molar-refractivity contribution in [3.05, 3.63) is 70.3 Å². The summed E-state index contributed by atoms with van der Waals surface area (Å²) in [6.45, 7) is 6.35. The van der Waals surface area contributed by atoms with Gasteiger partial charge in [-0.15, -0.1) is 0 Å². The Bertz CT molecular complexity index is 557. The molecule has 0 aliphatic rings. The first-order valence-corrected chi connectivity index (χ1v) is 6.96. The summed E-state index contributed by atoms with van der Waals surface area (Å²) < 4.78 is 0. The summed E-state index contributed by atoms with van der Waals surface area (Å²) in [7, 11) is 0. The van der Waals surface area contributed by atoms with E-state index in [1.165, 1.54) is 16.7 Å². The number of aliphatic hydroxyl groups excluding tert-OH is 1. The van der Waals surface area contributed by atoms with Crippen LogP contribution in [-0.2, 0) is 6.42 Å². The molecule has 0 bridgehead atoms. The lowest BCUT2D eigenvalue weighted by atomic mass is 9.96. The summed E-state index contributed by atoms with van der Waals surface area (Å²) in [5.74, 6) is 0. The maximum atomic E-state index is 10.5. The standard InChI is InChI=1S/C18H22O/c1-4-6-15-7-5-8-16(12-15)18(19)17-10-9-13(2)14(3)11-17/h5,7-12,18-19H,4,6H2,1-3H3. The zero-order valence-corrected chi connectivity index (χ0v) is 12.0. The van der Waals surface area contributed by atoms with Gasteiger partial charge in [0.25, 0.3) is 0 Å². The van der Waals surface area contributed by atoms with Crippen LogP contribution in [0.25, 0.3) is 0 Å². The molecule has 0 aromatic heterocycles. The third-order valence-electron chi connectivity index (χ3n) is 3.65. The average molecular weight is 254 g/mol. The lowest BCUT2D eigenvalue weighted by Crippen LogP contribution is -2.01. The fraction of sp³-hybridized carbons (Fsp3) is 0.333. The molecule has 0 aliphatic heterocycles. The molecule has 1 nitrogen and oxygen atoms in total. The van der Waals surface area contributed by atoms with Gasteiger partial charge in [0.2, 0.25) is 0 Å². The molecule has 0 radical (unpaired) electrons. The summed E-state index contributed by atoms with van der Waals surface area (Å²) in [5, 5.41) is 10.5. The summed E-state index contributed by atoms with van der Waals surface area (Å²) in [6.07, 6.45) is 1.66. The second-order valence-corrected chi connectivity index (χ2v) is 5.24. The van der Waals surface area contributed by atoms with Crippen LogP contribution in [0.2, 0.25) is 0 Å². The number of rotatable bonds is 4. The van der Waals surface area contributed by atoms with Gasteiger partial charge < -0.3 is 5.11 Å². The number of benzene rings is 2. The smallest absolute Gasteiger partial charge is 0.104 e. The fourth-order valence-electron chi connectivity index (χ4n) is 2.33. The summed E-state index contributed by atoms with van der Waals surface area (Å²) in [6, 6.07) is 14.4. The average Bonchev–Trinajstić information content (AvgIpc) is 2.42. The molecule has 1 atom stereocenters. The highest BCUT2D eigenvalue weighted by Crippen LogP contribution is 2.24. The predicted octanol–water partition coefficient (Wildman–Crippen LogP) is 4.34. The van der Waals surface area contributed by atoms with Gasteiger partial charge in [0.05, 0.1) is 0 Å². The zero-order valence-electron chi connectivity index (χ0n) is 12.0. The molecule has 0 spiro atoms. The summed E-state index contributed by atoms with van der Waals surface area (Å²) >= 11 is 0. The van der Waals surface area contributed by atoms with Gasteiger partial charge in [-0.1, -0.05) is 55.8 Å². The maximum Gasteiger partial charge on any atom is 0.104 e. The number of aryl methyl sites for hydroxylation is 3. The molecular formula is C18H22O. The Hall–Kier alpha value is -1.60. The van der Waals surface area contributed by atoms with Gasteiger partial charge in [-0.05, 0) is 48.1 Å². The fourth-order valence-corrected chi connectivity index (χ4v) is 2.33. The van der Waals surface area contributed by atoms with Gasteiger partial charge in [0.15, 0.2) is 0 Å². The van der Waals surface area contributed by atoms with Crippen LogP contribution in [0.15, 0.2) is 42.5 Å². The molecule has 2 rings (SSSR count). The maximum absolute atomic E-state index is 10.5.